The minimum atomic E-state index is -2.05. The molecule has 0 unspecified atom stereocenters. The van der Waals surface area contributed by atoms with E-state index < -0.39 is 76.4 Å². The fourth-order valence-electron chi connectivity index (χ4n) is 2.32. The van der Waals surface area contributed by atoms with Crippen molar-refractivity contribution in [1.82, 2.24) is 5.32 Å². The summed E-state index contributed by atoms with van der Waals surface area (Å²) in [5, 5.41) is 48.1. The van der Waals surface area contributed by atoms with Crippen molar-refractivity contribution in [1.29, 1.82) is 0 Å². The second-order valence-corrected chi connectivity index (χ2v) is 5.75. The van der Waals surface area contributed by atoms with Crippen molar-refractivity contribution < 1.29 is 48.3 Å². The van der Waals surface area contributed by atoms with Crippen LogP contribution in [0.3, 0.4) is 0 Å². The van der Waals surface area contributed by atoms with E-state index in [1.807, 2.05) is 5.32 Å². The molecule has 28 heavy (non-hydrogen) atoms. The summed E-state index contributed by atoms with van der Waals surface area (Å²) in [7, 11) is 0. The average Bonchev–Trinajstić information content (AvgIpc) is 2.68. The number of phenolic OH excluding ortho intramolecular Hbond substituents is 1. The lowest BCUT2D eigenvalue weighted by molar-refractivity contribution is -0.119. The van der Waals surface area contributed by atoms with Gasteiger partial charge in [-0.05, 0) is 12.1 Å². The summed E-state index contributed by atoms with van der Waals surface area (Å²) in [5.41, 5.74) is -3.01. The lowest BCUT2D eigenvalue weighted by Gasteiger charge is -2.26. The van der Waals surface area contributed by atoms with Crippen molar-refractivity contribution in [2.75, 3.05) is 6.61 Å². The minimum absolute atomic E-state index is 0.00405. The van der Waals surface area contributed by atoms with Crippen LogP contribution in [-0.4, -0.2) is 68.7 Å². The number of carbonyl (C=O) groups excluding carboxylic acids is 2. The maximum Gasteiger partial charge on any atom is 0.349 e. The van der Waals surface area contributed by atoms with E-state index in [0.29, 0.717) is 6.07 Å². The Hall–Kier alpha value is -2.93. The molecule has 1 amide bonds. The van der Waals surface area contributed by atoms with E-state index in [0.717, 1.165) is 6.07 Å². The molecule has 6 N–H and O–H groups in total. The van der Waals surface area contributed by atoms with Crippen LogP contribution < -0.4 is 10.9 Å². The van der Waals surface area contributed by atoms with Crippen LogP contribution in [0, 0.1) is 11.6 Å². The highest BCUT2D eigenvalue weighted by atomic mass is 19.1. The van der Waals surface area contributed by atoms with Gasteiger partial charge in [0.2, 0.25) is 5.82 Å². The summed E-state index contributed by atoms with van der Waals surface area (Å²) in [6.07, 6.45) is -5.89. The first-order valence-corrected chi connectivity index (χ1v) is 7.68. The number of halogens is 2. The number of aldehydes is 1. The third-order valence-corrected chi connectivity index (χ3v) is 3.88. The number of aromatic hydroxyl groups is 1. The quantitative estimate of drug-likeness (QED) is 0.229. The smallest absolute Gasteiger partial charge is 0.349 e. The van der Waals surface area contributed by atoms with Crippen LogP contribution in [0.15, 0.2) is 21.3 Å². The summed E-state index contributed by atoms with van der Waals surface area (Å²) in [6.45, 7) is -0.948. The zero-order valence-electron chi connectivity index (χ0n) is 13.9. The Labute approximate surface area is 154 Å². The maximum atomic E-state index is 13.8. The largest absolute Gasteiger partial charge is 0.503 e. The highest BCUT2D eigenvalue weighted by molar-refractivity contribution is 5.98. The Morgan fingerprint density at radius 2 is 1.86 bits per heavy atom. The number of rotatable bonds is 7. The number of fused-ring (bicyclic) bond motifs is 1. The fraction of sp³-hybridized carbons (Fsp3) is 0.312. The van der Waals surface area contributed by atoms with Gasteiger partial charge in [0.1, 0.15) is 36.2 Å². The number of nitrogens with one attached hydrogen (secondary N) is 1. The first-order chi connectivity index (χ1) is 13.1. The van der Waals surface area contributed by atoms with Crippen molar-refractivity contribution in [2.24, 2.45) is 0 Å². The van der Waals surface area contributed by atoms with Gasteiger partial charge in [0.05, 0.1) is 6.61 Å². The van der Waals surface area contributed by atoms with Gasteiger partial charge in [0.25, 0.3) is 5.91 Å². The van der Waals surface area contributed by atoms with Crippen LogP contribution in [0.25, 0.3) is 11.0 Å². The summed E-state index contributed by atoms with van der Waals surface area (Å²) in [5.74, 6) is -5.62. The normalized spacial score (nSPS) is 15.6. The number of phenols is 1. The lowest BCUT2D eigenvalue weighted by Crippen LogP contribution is -2.53. The van der Waals surface area contributed by atoms with Gasteiger partial charge in [-0.25, -0.2) is 9.18 Å². The number of hydrogen-bond acceptors (Lipinski definition) is 9. The van der Waals surface area contributed by atoms with Crippen molar-refractivity contribution in [2.45, 2.75) is 24.4 Å². The second kappa shape index (κ2) is 8.39. The van der Waals surface area contributed by atoms with E-state index in [4.69, 9.17) is 5.11 Å². The molecule has 0 bridgehead atoms. The molecular weight excluding hydrogens is 388 g/mol. The van der Waals surface area contributed by atoms with E-state index >= 15 is 0 Å². The Morgan fingerprint density at radius 3 is 2.43 bits per heavy atom. The van der Waals surface area contributed by atoms with E-state index in [-0.39, 0.29) is 6.29 Å². The summed E-state index contributed by atoms with van der Waals surface area (Å²) < 4.78 is 31.8. The topological polar surface area (TPSA) is 178 Å². The van der Waals surface area contributed by atoms with Gasteiger partial charge in [0, 0.05) is 5.39 Å². The van der Waals surface area contributed by atoms with E-state index in [2.05, 4.69) is 4.42 Å². The highest BCUT2D eigenvalue weighted by Gasteiger charge is 2.32. The summed E-state index contributed by atoms with van der Waals surface area (Å²) >= 11 is 0. The van der Waals surface area contributed by atoms with Crippen molar-refractivity contribution in [3.8, 4) is 5.75 Å². The summed E-state index contributed by atoms with van der Waals surface area (Å²) in [6, 6.07) is -0.483. The van der Waals surface area contributed by atoms with Crippen LogP contribution >= 0.6 is 0 Å². The maximum absolute atomic E-state index is 13.8. The fourth-order valence-corrected chi connectivity index (χ4v) is 2.32. The molecular formula is C16H15F2NO9. The van der Waals surface area contributed by atoms with Crippen LogP contribution in [0.4, 0.5) is 8.78 Å². The zero-order chi connectivity index (χ0) is 21.2. The van der Waals surface area contributed by atoms with Crippen LogP contribution in [0.5, 0.6) is 5.75 Å². The predicted octanol–water partition coefficient (Wildman–Crippen LogP) is -1.85. The molecule has 0 aliphatic carbocycles. The molecule has 0 saturated carbocycles. The average molecular weight is 403 g/mol. The molecule has 152 valence electrons. The van der Waals surface area contributed by atoms with Crippen LogP contribution in [0.2, 0.25) is 0 Å². The van der Waals surface area contributed by atoms with E-state index in [9.17, 15) is 43.6 Å². The molecule has 0 aliphatic heterocycles. The number of aliphatic hydroxyl groups is 4. The molecule has 0 saturated heterocycles. The van der Waals surface area contributed by atoms with Crippen molar-refractivity contribution >= 4 is 23.2 Å². The van der Waals surface area contributed by atoms with Crippen molar-refractivity contribution in [3.05, 3.63) is 39.8 Å². The second-order valence-electron chi connectivity index (χ2n) is 5.75. The number of hydrogen-bond donors (Lipinski definition) is 6. The highest BCUT2D eigenvalue weighted by Crippen LogP contribution is 2.28. The molecule has 2 aromatic rings. The first-order valence-electron chi connectivity index (χ1n) is 7.68. The molecule has 1 heterocycles. The molecule has 0 fully saturated rings. The van der Waals surface area contributed by atoms with Crippen LogP contribution in [-0.2, 0) is 4.79 Å². The number of amides is 1. The van der Waals surface area contributed by atoms with Crippen LogP contribution in [0.1, 0.15) is 10.4 Å². The van der Waals surface area contributed by atoms with Gasteiger partial charge in [-0.1, -0.05) is 0 Å². The predicted molar refractivity (Wildman–Crippen MR) is 86.5 cm³/mol. The third kappa shape index (κ3) is 3.99. The first kappa shape index (κ1) is 21.4. The monoisotopic (exact) mass is 403 g/mol. The molecule has 0 aliphatic rings. The molecule has 4 atom stereocenters. The molecule has 10 nitrogen and oxygen atoms in total. The standard InChI is InChI=1S/C16H15F2NO9/c17-7-2-5-1-6(16(27)28-14(5)10(18)11(7)23)15(26)19-8(3-20)12(24)13(25)9(22)4-21/h1-3,8-9,12-13,21-25H,4H2,(H,19,26)/t8-,9-,12-,13-/m0/s1. The molecule has 0 spiro atoms. The lowest BCUT2D eigenvalue weighted by atomic mass is 10.0. The SMILES string of the molecule is O=C[C@H](NC(=O)c1cc2cc(F)c(O)c(F)c2oc1=O)[C@H](O)[C@@H](O)[C@@H](O)CO. The zero-order valence-corrected chi connectivity index (χ0v) is 13.9. The molecule has 1 aromatic carbocycles. The van der Waals surface area contributed by atoms with Gasteiger partial charge in [-0.15, -0.1) is 0 Å². The van der Waals surface area contributed by atoms with Gasteiger partial charge in [-0.2, -0.15) is 4.39 Å². The molecule has 0 radical (unpaired) electrons. The van der Waals surface area contributed by atoms with E-state index in [1.54, 1.807) is 0 Å². The van der Waals surface area contributed by atoms with Gasteiger partial charge < -0.3 is 40.1 Å². The van der Waals surface area contributed by atoms with Crippen molar-refractivity contribution in [3.63, 3.8) is 0 Å². The molecule has 1 aromatic heterocycles. The summed E-state index contributed by atoms with van der Waals surface area (Å²) in [4.78, 5) is 35.2. The number of aliphatic hydroxyl groups excluding tert-OH is 4. The molecule has 12 heteroatoms. The Bertz CT molecular complexity index is 961. The number of carbonyl (C=O) groups is 2. The number of benzene rings is 1. The van der Waals surface area contributed by atoms with Gasteiger partial charge >= 0.3 is 5.63 Å². The van der Waals surface area contributed by atoms with Gasteiger partial charge in [-0.3, -0.25) is 4.79 Å². The molecule has 2 rings (SSSR count). The Morgan fingerprint density at radius 1 is 1.21 bits per heavy atom. The minimum Gasteiger partial charge on any atom is -0.503 e. The Balaban J connectivity index is 2.36. The third-order valence-electron chi connectivity index (χ3n) is 3.88. The van der Waals surface area contributed by atoms with Gasteiger partial charge in [0.15, 0.2) is 17.1 Å². The Kier molecular flexibility index (Phi) is 6.41. The van der Waals surface area contributed by atoms with E-state index in [1.165, 1.54) is 0 Å².